The summed E-state index contributed by atoms with van der Waals surface area (Å²) in [7, 11) is 0. The number of H-pyrrole nitrogens is 1. The second-order valence-electron chi connectivity index (χ2n) is 4.80. The summed E-state index contributed by atoms with van der Waals surface area (Å²) in [5.74, 6) is -0.278. The second kappa shape index (κ2) is 3.48. The Hall–Kier alpha value is -1.56. The van der Waals surface area contributed by atoms with Crippen LogP contribution in [0.15, 0.2) is 6.20 Å². The molecule has 2 atom stereocenters. The van der Waals surface area contributed by atoms with E-state index in [1.165, 1.54) is 6.20 Å². The smallest absolute Gasteiger partial charge is 0.271 e. The Morgan fingerprint density at radius 1 is 1.75 bits per heavy atom. The van der Waals surface area contributed by atoms with E-state index in [2.05, 4.69) is 15.5 Å². The molecule has 16 heavy (non-hydrogen) atoms. The molecule has 1 saturated carbocycles. The topological polar surface area (TPSA) is 104 Å². The number of nitrogen functional groups attached to an aromatic ring is 1. The second-order valence-corrected chi connectivity index (χ2v) is 4.80. The molecule has 6 nitrogen and oxygen atoms in total. The van der Waals surface area contributed by atoms with Crippen LogP contribution in [0.2, 0.25) is 0 Å². The SMILES string of the molecule is CC1(C)C(O)CC1NC(=O)c1[nH]ncc1N. The van der Waals surface area contributed by atoms with Crippen molar-refractivity contribution in [3.63, 3.8) is 0 Å². The van der Waals surface area contributed by atoms with Crippen molar-refractivity contribution in [2.45, 2.75) is 32.4 Å². The van der Waals surface area contributed by atoms with Crippen molar-refractivity contribution in [1.29, 1.82) is 0 Å². The van der Waals surface area contributed by atoms with Gasteiger partial charge in [0.15, 0.2) is 0 Å². The average Bonchev–Trinajstić information content (AvgIpc) is 2.64. The van der Waals surface area contributed by atoms with Crippen LogP contribution in [0.5, 0.6) is 0 Å². The molecule has 0 bridgehead atoms. The first kappa shape index (κ1) is 10.9. The summed E-state index contributed by atoms with van der Waals surface area (Å²) in [5, 5.41) is 18.6. The maximum absolute atomic E-state index is 11.8. The number of aliphatic hydroxyl groups is 1. The van der Waals surface area contributed by atoms with Crippen LogP contribution in [0.25, 0.3) is 0 Å². The molecule has 0 saturated heterocycles. The van der Waals surface area contributed by atoms with E-state index < -0.39 is 0 Å². The van der Waals surface area contributed by atoms with E-state index in [-0.39, 0.29) is 29.2 Å². The van der Waals surface area contributed by atoms with Crippen molar-refractivity contribution in [1.82, 2.24) is 15.5 Å². The van der Waals surface area contributed by atoms with Gasteiger partial charge in [0.25, 0.3) is 5.91 Å². The zero-order chi connectivity index (χ0) is 11.9. The number of carbonyl (C=O) groups excluding carboxylic acids is 1. The molecule has 0 spiro atoms. The van der Waals surface area contributed by atoms with Gasteiger partial charge in [-0.2, -0.15) is 5.10 Å². The third-order valence-electron chi connectivity index (χ3n) is 3.42. The number of hydrogen-bond donors (Lipinski definition) is 4. The van der Waals surface area contributed by atoms with Gasteiger partial charge < -0.3 is 16.2 Å². The quantitative estimate of drug-likeness (QED) is 0.562. The number of nitrogens with two attached hydrogens (primary N) is 1. The molecule has 0 aliphatic heterocycles. The molecule has 2 rings (SSSR count). The maximum Gasteiger partial charge on any atom is 0.271 e. The van der Waals surface area contributed by atoms with E-state index in [4.69, 9.17) is 5.73 Å². The number of anilines is 1. The van der Waals surface area contributed by atoms with Crippen molar-refractivity contribution in [3.05, 3.63) is 11.9 Å². The lowest BCUT2D eigenvalue weighted by atomic mass is 9.64. The van der Waals surface area contributed by atoms with E-state index >= 15 is 0 Å². The standard InChI is InChI=1S/C10H16N4O2/c1-10(2)6(3-7(10)15)13-9(16)8-5(11)4-12-14-8/h4,6-7,15H,3,11H2,1-2H3,(H,12,14)(H,13,16). The first-order valence-corrected chi connectivity index (χ1v) is 5.20. The van der Waals surface area contributed by atoms with Crippen molar-refractivity contribution < 1.29 is 9.90 Å². The van der Waals surface area contributed by atoms with E-state index in [1.807, 2.05) is 13.8 Å². The van der Waals surface area contributed by atoms with Crippen LogP contribution in [0.4, 0.5) is 5.69 Å². The fraction of sp³-hybridized carbons (Fsp3) is 0.600. The molecule has 1 aliphatic carbocycles. The van der Waals surface area contributed by atoms with Crippen molar-refractivity contribution in [2.24, 2.45) is 5.41 Å². The molecule has 1 amide bonds. The zero-order valence-corrected chi connectivity index (χ0v) is 9.32. The normalized spacial score (nSPS) is 27.2. The highest BCUT2D eigenvalue weighted by Gasteiger charge is 2.48. The van der Waals surface area contributed by atoms with Gasteiger partial charge in [-0.15, -0.1) is 0 Å². The van der Waals surface area contributed by atoms with Gasteiger partial charge in [0, 0.05) is 11.5 Å². The fourth-order valence-electron chi connectivity index (χ4n) is 1.86. The summed E-state index contributed by atoms with van der Waals surface area (Å²) in [4.78, 5) is 11.8. The first-order chi connectivity index (χ1) is 7.43. The average molecular weight is 224 g/mol. The Bertz CT molecular complexity index is 413. The molecular formula is C10H16N4O2. The number of aliphatic hydroxyl groups excluding tert-OH is 1. The van der Waals surface area contributed by atoms with Crippen molar-refractivity contribution >= 4 is 11.6 Å². The summed E-state index contributed by atoms with van der Waals surface area (Å²) >= 11 is 0. The number of aromatic nitrogens is 2. The van der Waals surface area contributed by atoms with Crippen LogP contribution < -0.4 is 11.1 Å². The van der Waals surface area contributed by atoms with Gasteiger partial charge in [0.05, 0.1) is 18.0 Å². The van der Waals surface area contributed by atoms with Gasteiger partial charge in [0.2, 0.25) is 0 Å². The predicted octanol–water partition coefficient (Wildman–Crippen LogP) is -0.119. The van der Waals surface area contributed by atoms with Gasteiger partial charge in [0.1, 0.15) is 5.69 Å². The molecule has 2 unspecified atom stereocenters. The van der Waals surface area contributed by atoms with Crippen LogP contribution in [0, 0.1) is 5.41 Å². The van der Waals surface area contributed by atoms with Crippen LogP contribution in [-0.2, 0) is 0 Å². The molecule has 1 heterocycles. The predicted molar refractivity (Wildman–Crippen MR) is 58.7 cm³/mol. The van der Waals surface area contributed by atoms with Crippen LogP contribution >= 0.6 is 0 Å². The van der Waals surface area contributed by atoms with E-state index in [0.717, 1.165) is 0 Å². The highest BCUT2D eigenvalue weighted by atomic mass is 16.3. The van der Waals surface area contributed by atoms with Gasteiger partial charge in [-0.3, -0.25) is 9.89 Å². The summed E-state index contributed by atoms with van der Waals surface area (Å²) in [5.41, 5.74) is 5.88. The van der Waals surface area contributed by atoms with E-state index in [0.29, 0.717) is 12.1 Å². The molecule has 88 valence electrons. The minimum atomic E-state index is -0.364. The highest BCUT2D eigenvalue weighted by molar-refractivity contribution is 5.97. The number of nitrogens with one attached hydrogen (secondary N) is 2. The third kappa shape index (κ3) is 1.55. The van der Waals surface area contributed by atoms with Gasteiger partial charge >= 0.3 is 0 Å². The molecular weight excluding hydrogens is 208 g/mol. The van der Waals surface area contributed by atoms with Gasteiger partial charge in [-0.1, -0.05) is 13.8 Å². The van der Waals surface area contributed by atoms with Crippen molar-refractivity contribution in [3.8, 4) is 0 Å². The summed E-state index contributed by atoms with van der Waals surface area (Å²) in [6.45, 7) is 3.84. The van der Waals surface area contributed by atoms with E-state index in [9.17, 15) is 9.90 Å². The lowest BCUT2D eigenvalue weighted by Crippen LogP contribution is -2.61. The summed E-state index contributed by atoms with van der Waals surface area (Å²) in [6.07, 6.45) is 1.61. The Morgan fingerprint density at radius 2 is 2.44 bits per heavy atom. The lowest BCUT2D eigenvalue weighted by Gasteiger charge is -2.49. The minimum Gasteiger partial charge on any atom is -0.396 e. The summed E-state index contributed by atoms with van der Waals surface area (Å²) < 4.78 is 0. The maximum atomic E-state index is 11.8. The minimum absolute atomic E-state index is 0.0299. The highest BCUT2D eigenvalue weighted by Crippen LogP contribution is 2.40. The number of aromatic amines is 1. The Kier molecular flexibility index (Phi) is 2.38. The molecule has 1 aromatic heterocycles. The Labute approximate surface area is 93.2 Å². The first-order valence-electron chi connectivity index (χ1n) is 5.20. The molecule has 1 aliphatic rings. The number of amides is 1. The number of carbonyl (C=O) groups is 1. The lowest BCUT2D eigenvalue weighted by molar-refractivity contribution is -0.0689. The molecule has 1 aromatic rings. The van der Waals surface area contributed by atoms with Crippen LogP contribution in [0.3, 0.4) is 0 Å². The Balaban J connectivity index is 2.02. The van der Waals surface area contributed by atoms with Crippen molar-refractivity contribution in [2.75, 3.05) is 5.73 Å². The van der Waals surface area contributed by atoms with Gasteiger partial charge in [-0.05, 0) is 6.42 Å². The molecule has 0 radical (unpaired) electrons. The number of rotatable bonds is 2. The molecule has 5 N–H and O–H groups in total. The fourth-order valence-corrected chi connectivity index (χ4v) is 1.86. The third-order valence-corrected chi connectivity index (χ3v) is 3.42. The van der Waals surface area contributed by atoms with Crippen LogP contribution in [0.1, 0.15) is 30.8 Å². The number of hydrogen-bond acceptors (Lipinski definition) is 4. The molecule has 0 aromatic carbocycles. The monoisotopic (exact) mass is 224 g/mol. The van der Waals surface area contributed by atoms with Gasteiger partial charge in [-0.25, -0.2) is 0 Å². The Morgan fingerprint density at radius 3 is 2.88 bits per heavy atom. The number of nitrogens with zero attached hydrogens (tertiary/aromatic N) is 1. The zero-order valence-electron chi connectivity index (χ0n) is 9.32. The molecule has 6 heteroatoms. The largest absolute Gasteiger partial charge is 0.396 e. The van der Waals surface area contributed by atoms with Crippen LogP contribution in [-0.4, -0.2) is 33.4 Å². The van der Waals surface area contributed by atoms with E-state index in [1.54, 1.807) is 0 Å². The molecule has 1 fully saturated rings. The summed E-state index contributed by atoms with van der Waals surface area (Å²) in [6, 6.07) is -0.0299.